The van der Waals surface area contributed by atoms with Crippen molar-refractivity contribution >= 4 is 29.3 Å². The molecule has 0 radical (unpaired) electrons. The van der Waals surface area contributed by atoms with Crippen molar-refractivity contribution in [3.63, 3.8) is 0 Å². The monoisotopic (exact) mass is 279 g/mol. The van der Waals surface area contributed by atoms with E-state index in [-0.39, 0.29) is 16.7 Å². The summed E-state index contributed by atoms with van der Waals surface area (Å²) >= 11 is 1.63. The lowest BCUT2D eigenvalue weighted by Gasteiger charge is -2.15. The second-order valence-corrected chi connectivity index (χ2v) is 6.11. The number of rotatable bonds is 3. The molecule has 2 N–H and O–H groups in total. The Labute approximate surface area is 116 Å². The van der Waals surface area contributed by atoms with E-state index < -0.39 is 5.97 Å². The summed E-state index contributed by atoms with van der Waals surface area (Å²) in [6.07, 6.45) is 1.91. The molecule has 2 rings (SSSR count). The lowest BCUT2D eigenvalue weighted by Crippen LogP contribution is -2.24. The van der Waals surface area contributed by atoms with Crippen LogP contribution in [0.3, 0.4) is 0 Å². The Balaban J connectivity index is 2.28. The zero-order valence-electron chi connectivity index (χ0n) is 11.0. The summed E-state index contributed by atoms with van der Waals surface area (Å²) in [4.78, 5) is 23.4. The van der Waals surface area contributed by atoms with E-state index in [2.05, 4.69) is 5.32 Å². The second kappa shape index (κ2) is 5.65. The molecule has 1 aromatic carbocycles. The quantitative estimate of drug-likeness (QED) is 0.893. The minimum Gasteiger partial charge on any atom is -0.478 e. The van der Waals surface area contributed by atoms with Crippen molar-refractivity contribution in [3.8, 4) is 0 Å². The predicted molar refractivity (Wildman–Crippen MR) is 77.0 cm³/mol. The van der Waals surface area contributed by atoms with Crippen molar-refractivity contribution < 1.29 is 14.7 Å². The topological polar surface area (TPSA) is 66.4 Å². The van der Waals surface area contributed by atoms with Crippen LogP contribution >= 0.6 is 11.8 Å². The van der Waals surface area contributed by atoms with Gasteiger partial charge >= 0.3 is 5.97 Å². The fourth-order valence-electron chi connectivity index (χ4n) is 2.29. The third-order valence-electron chi connectivity index (χ3n) is 3.18. The molecule has 1 unspecified atom stereocenters. The summed E-state index contributed by atoms with van der Waals surface area (Å²) in [6.45, 7) is 3.66. The molecule has 1 atom stereocenters. The average Bonchev–Trinajstić information content (AvgIpc) is 2.85. The second-order valence-electron chi connectivity index (χ2n) is 4.80. The molecule has 0 bridgehead atoms. The molecule has 1 heterocycles. The lowest BCUT2D eigenvalue weighted by molar-refractivity contribution is -0.115. The molecule has 102 valence electrons. The minimum atomic E-state index is -1.01. The molecule has 1 aliphatic rings. The van der Waals surface area contributed by atoms with Crippen molar-refractivity contribution in [2.24, 2.45) is 0 Å². The van der Waals surface area contributed by atoms with E-state index in [4.69, 9.17) is 0 Å². The summed E-state index contributed by atoms with van der Waals surface area (Å²) in [5.41, 5.74) is 2.25. The Kier molecular flexibility index (Phi) is 4.14. The van der Waals surface area contributed by atoms with Gasteiger partial charge in [-0.3, -0.25) is 4.79 Å². The van der Waals surface area contributed by atoms with Crippen LogP contribution in [0.25, 0.3) is 0 Å². The number of carboxylic acid groups (broad SMARTS) is 1. The average molecular weight is 279 g/mol. The first-order chi connectivity index (χ1) is 8.99. The molecule has 0 spiro atoms. The maximum atomic E-state index is 12.1. The Hall–Kier alpha value is -1.49. The Morgan fingerprint density at radius 2 is 2.11 bits per heavy atom. The van der Waals surface area contributed by atoms with Crippen LogP contribution in [0.1, 0.15) is 34.3 Å². The van der Waals surface area contributed by atoms with Crippen LogP contribution in [0.2, 0.25) is 0 Å². The van der Waals surface area contributed by atoms with Crippen molar-refractivity contribution in [1.82, 2.24) is 0 Å². The van der Waals surface area contributed by atoms with Gasteiger partial charge in [-0.25, -0.2) is 4.79 Å². The van der Waals surface area contributed by atoms with E-state index in [0.29, 0.717) is 5.69 Å². The molecule has 0 aromatic heterocycles. The Morgan fingerprint density at radius 3 is 2.68 bits per heavy atom. The van der Waals surface area contributed by atoms with Gasteiger partial charge in [0.25, 0.3) is 0 Å². The molecule has 1 amide bonds. The van der Waals surface area contributed by atoms with Gasteiger partial charge in [-0.2, -0.15) is 0 Å². The highest BCUT2D eigenvalue weighted by molar-refractivity contribution is 8.00. The van der Waals surface area contributed by atoms with Crippen molar-refractivity contribution in [2.45, 2.75) is 31.9 Å². The van der Waals surface area contributed by atoms with Crippen molar-refractivity contribution in [1.29, 1.82) is 0 Å². The number of nitrogens with one attached hydrogen (secondary N) is 1. The molecular weight excluding hydrogens is 262 g/mol. The van der Waals surface area contributed by atoms with Gasteiger partial charge in [-0.05, 0) is 49.6 Å². The molecule has 1 aromatic rings. The Morgan fingerprint density at radius 1 is 1.37 bits per heavy atom. The zero-order valence-corrected chi connectivity index (χ0v) is 11.8. The van der Waals surface area contributed by atoms with Gasteiger partial charge in [-0.15, -0.1) is 11.8 Å². The molecule has 1 aliphatic heterocycles. The SMILES string of the molecule is Cc1cc(C)c(NC(=O)C2CCCS2)c(C(=O)O)c1. The standard InChI is InChI=1S/C14H17NO3S/c1-8-6-9(2)12(10(7-8)14(17)18)15-13(16)11-4-3-5-19-11/h6-7,11H,3-5H2,1-2H3,(H,15,16)(H,17,18). The maximum Gasteiger partial charge on any atom is 0.337 e. The van der Waals surface area contributed by atoms with Crippen LogP contribution in [0.5, 0.6) is 0 Å². The number of anilines is 1. The highest BCUT2D eigenvalue weighted by Crippen LogP contribution is 2.29. The van der Waals surface area contributed by atoms with Gasteiger partial charge in [0.15, 0.2) is 0 Å². The van der Waals surface area contributed by atoms with E-state index in [0.717, 1.165) is 29.7 Å². The minimum absolute atomic E-state index is 0.0534. The maximum absolute atomic E-state index is 12.1. The molecular formula is C14H17NO3S. The fourth-order valence-corrected chi connectivity index (χ4v) is 3.45. The highest BCUT2D eigenvalue weighted by Gasteiger charge is 2.25. The van der Waals surface area contributed by atoms with Crippen LogP contribution in [-0.4, -0.2) is 28.0 Å². The number of thioether (sulfide) groups is 1. The third-order valence-corrected chi connectivity index (χ3v) is 4.56. The van der Waals surface area contributed by atoms with Crippen LogP contribution in [0, 0.1) is 13.8 Å². The summed E-state index contributed by atoms with van der Waals surface area (Å²) in [5.74, 6) is -0.102. The van der Waals surface area contributed by atoms with E-state index in [9.17, 15) is 14.7 Å². The number of carboxylic acids is 1. The summed E-state index contributed by atoms with van der Waals surface area (Å²) in [6, 6.07) is 3.47. The van der Waals surface area contributed by atoms with E-state index in [1.807, 2.05) is 19.9 Å². The molecule has 0 saturated carbocycles. The van der Waals surface area contributed by atoms with Crippen LogP contribution in [-0.2, 0) is 4.79 Å². The molecule has 19 heavy (non-hydrogen) atoms. The number of hydrogen-bond donors (Lipinski definition) is 2. The Bertz CT molecular complexity index is 522. The summed E-state index contributed by atoms with van der Waals surface area (Å²) < 4.78 is 0. The van der Waals surface area contributed by atoms with Gasteiger partial charge in [0.2, 0.25) is 5.91 Å². The van der Waals surface area contributed by atoms with Crippen molar-refractivity contribution in [2.75, 3.05) is 11.1 Å². The predicted octanol–water partition coefficient (Wildman–Crippen LogP) is 2.84. The fraction of sp³-hybridized carbons (Fsp3) is 0.429. The zero-order chi connectivity index (χ0) is 14.0. The number of aryl methyl sites for hydroxylation is 2. The van der Waals surface area contributed by atoms with Gasteiger partial charge in [0.05, 0.1) is 16.5 Å². The first kappa shape index (κ1) is 13.9. The largest absolute Gasteiger partial charge is 0.478 e. The number of carbonyl (C=O) groups excluding carboxylic acids is 1. The number of benzene rings is 1. The molecule has 5 heteroatoms. The molecule has 0 aliphatic carbocycles. The molecule has 1 saturated heterocycles. The van der Waals surface area contributed by atoms with Gasteiger partial charge in [0, 0.05) is 0 Å². The lowest BCUT2D eigenvalue weighted by atomic mass is 10.0. The normalized spacial score (nSPS) is 18.3. The summed E-state index contributed by atoms with van der Waals surface area (Å²) in [5, 5.41) is 12.0. The van der Waals surface area contributed by atoms with Gasteiger partial charge in [-0.1, -0.05) is 6.07 Å². The first-order valence-corrected chi connectivity index (χ1v) is 7.31. The van der Waals surface area contributed by atoms with E-state index in [1.54, 1.807) is 17.8 Å². The molecule has 4 nitrogen and oxygen atoms in total. The number of hydrogen-bond acceptors (Lipinski definition) is 3. The smallest absolute Gasteiger partial charge is 0.337 e. The van der Waals surface area contributed by atoms with Crippen LogP contribution < -0.4 is 5.32 Å². The number of aromatic carboxylic acids is 1. The van der Waals surface area contributed by atoms with Gasteiger partial charge < -0.3 is 10.4 Å². The molecule has 1 fully saturated rings. The van der Waals surface area contributed by atoms with E-state index in [1.165, 1.54) is 0 Å². The first-order valence-electron chi connectivity index (χ1n) is 6.26. The van der Waals surface area contributed by atoms with E-state index >= 15 is 0 Å². The van der Waals surface area contributed by atoms with Crippen LogP contribution in [0.4, 0.5) is 5.69 Å². The van der Waals surface area contributed by atoms with Crippen LogP contribution in [0.15, 0.2) is 12.1 Å². The van der Waals surface area contributed by atoms with Crippen molar-refractivity contribution in [3.05, 3.63) is 28.8 Å². The third kappa shape index (κ3) is 3.10. The number of carbonyl (C=O) groups is 2. The number of amides is 1. The van der Waals surface area contributed by atoms with Gasteiger partial charge in [0.1, 0.15) is 0 Å². The highest BCUT2D eigenvalue weighted by atomic mass is 32.2. The summed E-state index contributed by atoms with van der Waals surface area (Å²) in [7, 11) is 0.